The lowest BCUT2D eigenvalue weighted by molar-refractivity contribution is -0.132. The van der Waals surface area contributed by atoms with Crippen LogP contribution in [0.25, 0.3) is 0 Å². The van der Waals surface area contributed by atoms with Crippen molar-refractivity contribution in [1.29, 1.82) is 0 Å². The average Bonchev–Trinajstić information content (AvgIpc) is 3.27. The third-order valence-corrected chi connectivity index (χ3v) is 4.57. The van der Waals surface area contributed by atoms with Crippen LogP contribution in [0.15, 0.2) is 35.7 Å². The molecule has 2 aromatic rings. The van der Waals surface area contributed by atoms with Gasteiger partial charge < -0.3 is 19.5 Å². The van der Waals surface area contributed by atoms with Crippen molar-refractivity contribution < 1.29 is 23.8 Å². The monoisotopic (exact) mass is 361 g/mol. The fraction of sp³-hybridized carbons (Fsp3) is 0.333. The predicted octanol–water partition coefficient (Wildman–Crippen LogP) is 2.97. The zero-order valence-corrected chi connectivity index (χ0v) is 14.8. The van der Waals surface area contributed by atoms with Gasteiger partial charge in [0.15, 0.2) is 17.6 Å². The van der Waals surface area contributed by atoms with E-state index < -0.39 is 12.1 Å². The van der Waals surface area contributed by atoms with Crippen LogP contribution in [0, 0.1) is 5.92 Å². The molecule has 0 fully saturated rings. The molecular formula is C18H19NO5S. The van der Waals surface area contributed by atoms with Gasteiger partial charge >= 0.3 is 5.97 Å². The maximum Gasteiger partial charge on any atom is 0.349 e. The molecule has 0 bridgehead atoms. The summed E-state index contributed by atoms with van der Waals surface area (Å²) in [5.74, 6) is 0.418. The first-order valence-electron chi connectivity index (χ1n) is 7.95. The highest BCUT2D eigenvalue weighted by Gasteiger charge is 2.27. The molecule has 2 heterocycles. The van der Waals surface area contributed by atoms with Gasteiger partial charge in [0, 0.05) is 6.54 Å². The molecular weight excluding hydrogens is 342 g/mol. The maximum atomic E-state index is 12.5. The van der Waals surface area contributed by atoms with Crippen LogP contribution in [0.2, 0.25) is 0 Å². The number of rotatable bonds is 6. The number of hydrogen-bond acceptors (Lipinski definition) is 6. The highest BCUT2D eigenvalue weighted by molar-refractivity contribution is 7.11. The molecule has 1 aromatic carbocycles. The van der Waals surface area contributed by atoms with E-state index in [1.54, 1.807) is 23.6 Å². The van der Waals surface area contributed by atoms with Crippen LogP contribution in [0.1, 0.15) is 29.1 Å². The number of thiophene rings is 1. The van der Waals surface area contributed by atoms with Gasteiger partial charge in [-0.1, -0.05) is 26.0 Å². The van der Waals surface area contributed by atoms with E-state index in [1.165, 1.54) is 11.3 Å². The molecule has 1 aliphatic rings. The molecule has 0 spiro atoms. The van der Waals surface area contributed by atoms with E-state index in [1.807, 2.05) is 26.0 Å². The van der Waals surface area contributed by atoms with E-state index in [9.17, 15) is 9.59 Å². The van der Waals surface area contributed by atoms with E-state index in [0.717, 1.165) is 5.56 Å². The molecule has 3 rings (SSSR count). The van der Waals surface area contributed by atoms with Gasteiger partial charge in [0.1, 0.15) is 4.88 Å². The molecule has 0 saturated heterocycles. The van der Waals surface area contributed by atoms with Crippen LogP contribution in [0.5, 0.6) is 11.5 Å². The van der Waals surface area contributed by atoms with Crippen LogP contribution in [0.3, 0.4) is 0 Å². The van der Waals surface area contributed by atoms with Crippen molar-refractivity contribution in [2.24, 2.45) is 5.92 Å². The lowest BCUT2D eigenvalue weighted by Gasteiger charge is -2.20. The molecule has 7 heteroatoms. The van der Waals surface area contributed by atoms with Gasteiger partial charge in [-0.05, 0) is 35.1 Å². The summed E-state index contributed by atoms with van der Waals surface area (Å²) in [4.78, 5) is 25.0. The molecule has 1 aliphatic heterocycles. The minimum atomic E-state index is -0.844. The zero-order valence-electron chi connectivity index (χ0n) is 14.0. The van der Waals surface area contributed by atoms with Crippen molar-refractivity contribution in [3.05, 3.63) is 46.2 Å². The number of esters is 1. The summed E-state index contributed by atoms with van der Waals surface area (Å²) >= 11 is 1.29. The van der Waals surface area contributed by atoms with Gasteiger partial charge in [0.05, 0.1) is 0 Å². The molecule has 1 aromatic heterocycles. The molecule has 1 N–H and O–H groups in total. The quantitative estimate of drug-likeness (QED) is 0.801. The van der Waals surface area contributed by atoms with Crippen molar-refractivity contribution in [1.82, 2.24) is 5.32 Å². The highest BCUT2D eigenvalue weighted by Crippen LogP contribution is 2.32. The lowest BCUT2D eigenvalue weighted by atomic mass is 10.1. The van der Waals surface area contributed by atoms with E-state index in [2.05, 4.69) is 5.32 Å². The second kappa shape index (κ2) is 7.57. The van der Waals surface area contributed by atoms with Gasteiger partial charge in [0.25, 0.3) is 5.91 Å². The number of ether oxygens (including phenoxy) is 3. The second-order valence-corrected chi connectivity index (χ2v) is 6.90. The number of carbonyl (C=O) groups excluding carboxylic acids is 2. The van der Waals surface area contributed by atoms with Crippen molar-refractivity contribution >= 4 is 23.2 Å². The molecule has 1 amide bonds. The van der Waals surface area contributed by atoms with Crippen LogP contribution in [-0.4, -0.2) is 24.8 Å². The number of fused-ring (bicyclic) bond motifs is 1. The normalized spacial score (nSPS) is 13.6. The number of amides is 1. The van der Waals surface area contributed by atoms with Gasteiger partial charge in [0.2, 0.25) is 6.79 Å². The Hall–Kier alpha value is -2.54. The Labute approximate surface area is 149 Å². The van der Waals surface area contributed by atoms with Crippen molar-refractivity contribution in [2.45, 2.75) is 26.5 Å². The molecule has 0 unspecified atom stereocenters. The predicted molar refractivity (Wildman–Crippen MR) is 92.8 cm³/mol. The summed E-state index contributed by atoms with van der Waals surface area (Å²) in [6.45, 7) is 4.20. The summed E-state index contributed by atoms with van der Waals surface area (Å²) < 4.78 is 16.0. The maximum absolute atomic E-state index is 12.5. The smallest absolute Gasteiger partial charge is 0.349 e. The van der Waals surface area contributed by atoms with Crippen LogP contribution < -0.4 is 14.8 Å². The summed E-state index contributed by atoms with van der Waals surface area (Å²) in [6.07, 6.45) is -0.844. The largest absolute Gasteiger partial charge is 0.454 e. The molecule has 6 nitrogen and oxygen atoms in total. The standard InChI is InChI=1S/C18H19NO5S/c1-11(2)16(24-18(21)15-4-3-7-25-15)17(20)19-9-12-5-6-13-14(8-12)23-10-22-13/h3-8,11,16H,9-10H2,1-2H3,(H,19,20)/t16-/m0/s1. The average molecular weight is 361 g/mol. The van der Waals surface area contributed by atoms with Crippen LogP contribution >= 0.6 is 11.3 Å². The Balaban J connectivity index is 1.60. The fourth-order valence-corrected chi connectivity index (χ4v) is 3.01. The molecule has 25 heavy (non-hydrogen) atoms. The SMILES string of the molecule is CC(C)[C@H](OC(=O)c1cccs1)C(=O)NCc1ccc2c(c1)OCO2. The van der Waals surface area contributed by atoms with Crippen molar-refractivity contribution in [3.63, 3.8) is 0 Å². The van der Waals surface area contributed by atoms with E-state index in [4.69, 9.17) is 14.2 Å². The Kier molecular flexibility index (Phi) is 5.23. The van der Waals surface area contributed by atoms with Gasteiger partial charge in [-0.2, -0.15) is 0 Å². The summed E-state index contributed by atoms with van der Waals surface area (Å²) in [5.41, 5.74) is 0.879. The summed E-state index contributed by atoms with van der Waals surface area (Å²) in [7, 11) is 0. The van der Waals surface area contributed by atoms with Gasteiger partial charge in [-0.25, -0.2) is 4.79 Å². The van der Waals surface area contributed by atoms with Crippen LogP contribution in [0.4, 0.5) is 0 Å². The first-order chi connectivity index (χ1) is 12.0. The molecule has 0 aliphatic carbocycles. The summed E-state index contributed by atoms with van der Waals surface area (Å²) in [6, 6.07) is 8.93. The highest BCUT2D eigenvalue weighted by atomic mass is 32.1. The Bertz CT molecular complexity index is 757. The fourth-order valence-electron chi connectivity index (χ4n) is 2.40. The molecule has 0 saturated carbocycles. The van der Waals surface area contributed by atoms with E-state index in [0.29, 0.717) is 22.9 Å². The number of carbonyl (C=O) groups is 2. The van der Waals surface area contributed by atoms with Crippen molar-refractivity contribution in [2.75, 3.05) is 6.79 Å². The van der Waals surface area contributed by atoms with Gasteiger partial charge in [-0.15, -0.1) is 11.3 Å². The number of hydrogen-bond donors (Lipinski definition) is 1. The molecule has 132 valence electrons. The van der Waals surface area contributed by atoms with Crippen molar-refractivity contribution in [3.8, 4) is 11.5 Å². The van der Waals surface area contributed by atoms with E-state index in [-0.39, 0.29) is 18.6 Å². The zero-order chi connectivity index (χ0) is 17.8. The Morgan fingerprint density at radius 1 is 1.24 bits per heavy atom. The topological polar surface area (TPSA) is 73.9 Å². The molecule has 1 atom stereocenters. The number of benzene rings is 1. The Morgan fingerprint density at radius 2 is 2.04 bits per heavy atom. The summed E-state index contributed by atoms with van der Waals surface area (Å²) in [5, 5.41) is 4.61. The molecule has 0 radical (unpaired) electrons. The number of nitrogens with one attached hydrogen (secondary N) is 1. The van der Waals surface area contributed by atoms with E-state index >= 15 is 0 Å². The van der Waals surface area contributed by atoms with Crippen LogP contribution in [-0.2, 0) is 16.1 Å². The van der Waals surface area contributed by atoms with Gasteiger partial charge in [-0.3, -0.25) is 4.79 Å². The third-order valence-electron chi connectivity index (χ3n) is 3.72. The minimum absolute atomic E-state index is 0.138. The second-order valence-electron chi connectivity index (χ2n) is 5.95. The Morgan fingerprint density at radius 3 is 2.76 bits per heavy atom. The first kappa shape index (κ1) is 17.3. The lowest BCUT2D eigenvalue weighted by Crippen LogP contribution is -2.40. The minimum Gasteiger partial charge on any atom is -0.454 e. The first-order valence-corrected chi connectivity index (χ1v) is 8.83. The third kappa shape index (κ3) is 4.11.